The van der Waals surface area contributed by atoms with Crippen molar-refractivity contribution in [3.63, 3.8) is 0 Å². The minimum absolute atomic E-state index is 0.0301. The van der Waals surface area contributed by atoms with Crippen molar-refractivity contribution < 1.29 is 52.7 Å². The van der Waals surface area contributed by atoms with Gasteiger partial charge < -0.3 is 9.13 Å². The molecule has 16 heteroatoms. The van der Waals surface area contributed by atoms with Crippen molar-refractivity contribution in [2.45, 2.75) is 38.6 Å². The molecule has 0 atom stereocenters. The van der Waals surface area contributed by atoms with Crippen molar-refractivity contribution in [3.8, 4) is 34.6 Å². The van der Waals surface area contributed by atoms with Gasteiger partial charge in [0.2, 0.25) is 0 Å². The molecule has 60 heavy (non-hydrogen) atoms. The molecule has 2 heterocycles. The Bertz CT molecular complexity index is 2780. The van der Waals surface area contributed by atoms with Gasteiger partial charge in [-0.1, -0.05) is 26.0 Å². The highest BCUT2D eigenvalue weighted by Crippen LogP contribution is 2.46. The SMILES string of the molecule is CC.N#Cc1cccc(-c2c(-n3c4ccc(C(F)(F)F)cc4c4cc(C(F)(F)F)ccc43)cc(C#N)cc2-n2c3ccc(C(F)(F)F)cc3c3cc(C(F)(F)F)ccc32)c1. The number of benzene rings is 6. The molecule has 0 fully saturated rings. The van der Waals surface area contributed by atoms with Crippen LogP contribution in [0.15, 0.2) is 109 Å². The van der Waals surface area contributed by atoms with Crippen molar-refractivity contribution in [3.05, 3.63) is 143 Å². The second-order valence-electron chi connectivity index (χ2n) is 13.3. The van der Waals surface area contributed by atoms with Gasteiger partial charge in [0.15, 0.2) is 0 Å². The smallest absolute Gasteiger partial charge is 0.308 e. The molecule has 0 aliphatic carbocycles. The molecule has 0 saturated carbocycles. The van der Waals surface area contributed by atoms with E-state index in [-0.39, 0.29) is 77.2 Å². The number of hydrogen-bond donors (Lipinski definition) is 0. The first-order chi connectivity index (χ1) is 28.2. The summed E-state index contributed by atoms with van der Waals surface area (Å²) < 4.78 is 171. The quantitative estimate of drug-likeness (QED) is 0.166. The lowest BCUT2D eigenvalue weighted by atomic mass is 9.96. The zero-order chi connectivity index (χ0) is 43.7. The molecule has 304 valence electrons. The summed E-state index contributed by atoms with van der Waals surface area (Å²) in [6, 6.07) is 22.1. The summed E-state index contributed by atoms with van der Waals surface area (Å²) in [5.74, 6) is 0. The first kappa shape index (κ1) is 41.2. The minimum Gasteiger partial charge on any atom is -0.308 e. The average molecular weight is 837 g/mol. The number of fused-ring (bicyclic) bond motifs is 6. The summed E-state index contributed by atoms with van der Waals surface area (Å²) in [5.41, 5.74) is -4.78. The molecular formula is C44H24F12N4. The highest BCUT2D eigenvalue weighted by atomic mass is 19.4. The van der Waals surface area contributed by atoms with Crippen LogP contribution in [0.2, 0.25) is 0 Å². The average Bonchev–Trinajstić information content (AvgIpc) is 3.71. The largest absolute Gasteiger partial charge is 0.416 e. The second-order valence-corrected chi connectivity index (χ2v) is 13.3. The van der Waals surface area contributed by atoms with E-state index in [1.807, 2.05) is 26.0 Å². The fourth-order valence-electron chi connectivity index (χ4n) is 7.34. The Hall–Kier alpha value is -6.94. The molecule has 0 unspecified atom stereocenters. The molecule has 8 rings (SSSR count). The van der Waals surface area contributed by atoms with E-state index in [9.17, 15) is 63.2 Å². The maximum atomic E-state index is 14.0. The van der Waals surface area contributed by atoms with Crippen molar-refractivity contribution >= 4 is 43.6 Å². The molecule has 6 aromatic carbocycles. The number of aromatic nitrogens is 2. The Morgan fingerprint density at radius 3 is 1.00 bits per heavy atom. The number of nitrogens with zero attached hydrogens (tertiary/aromatic N) is 4. The third-order valence-corrected chi connectivity index (χ3v) is 9.83. The van der Waals surface area contributed by atoms with Crippen LogP contribution in [0.4, 0.5) is 52.7 Å². The van der Waals surface area contributed by atoms with Gasteiger partial charge in [0.05, 0.1) is 79.0 Å². The van der Waals surface area contributed by atoms with Gasteiger partial charge in [-0.2, -0.15) is 63.2 Å². The van der Waals surface area contributed by atoms with E-state index in [4.69, 9.17) is 0 Å². The van der Waals surface area contributed by atoms with Crippen LogP contribution < -0.4 is 0 Å². The standard InChI is InChI=1S/C42H18F12N4.C2H6/c43-39(44,45)24-4-8-32-28(15-24)29-16-25(40(46,47)48)5-9-33(29)57(32)36-13-22(20-56)14-37(38(36)23-3-1-2-21(12-23)19-55)58-34-10-6-26(41(49,50)51)17-30(34)31-18-27(42(52,53)54)7-11-35(31)58;1-2/h1-18H;1-2H3. The van der Waals surface area contributed by atoms with Gasteiger partial charge in [-0.05, 0) is 103 Å². The summed E-state index contributed by atoms with van der Waals surface area (Å²) >= 11 is 0. The van der Waals surface area contributed by atoms with Crippen molar-refractivity contribution in [1.29, 1.82) is 10.5 Å². The Kier molecular flexibility index (Phi) is 9.90. The number of hydrogen-bond acceptors (Lipinski definition) is 2. The number of alkyl halides is 12. The minimum atomic E-state index is -4.91. The van der Waals surface area contributed by atoms with Crippen molar-refractivity contribution in [2.24, 2.45) is 0 Å². The third-order valence-electron chi connectivity index (χ3n) is 9.83. The predicted molar refractivity (Wildman–Crippen MR) is 201 cm³/mol. The van der Waals surface area contributed by atoms with E-state index in [0.717, 1.165) is 48.5 Å². The molecule has 0 aliphatic rings. The molecule has 2 aromatic heterocycles. The molecule has 0 radical (unpaired) electrons. The zero-order valence-corrected chi connectivity index (χ0v) is 30.7. The van der Waals surface area contributed by atoms with E-state index in [1.54, 1.807) is 0 Å². The monoisotopic (exact) mass is 836 g/mol. The maximum absolute atomic E-state index is 14.0. The summed E-state index contributed by atoms with van der Waals surface area (Å²) in [4.78, 5) is 0. The van der Waals surface area contributed by atoms with Gasteiger partial charge in [0.25, 0.3) is 0 Å². The predicted octanol–water partition coefficient (Wildman–Crippen LogP) is 14.4. The van der Waals surface area contributed by atoms with Crippen LogP contribution in [0.5, 0.6) is 0 Å². The first-order valence-corrected chi connectivity index (χ1v) is 17.7. The Morgan fingerprint density at radius 1 is 0.400 bits per heavy atom. The number of rotatable bonds is 3. The normalized spacial score (nSPS) is 12.5. The van der Waals surface area contributed by atoms with Crippen LogP contribution in [0.1, 0.15) is 47.2 Å². The summed E-state index contributed by atoms with van der Waals surface area (Å²) in [6.07, 6.45) is -19.6. The van der Waals surface area contributed by atoms with Gasteiger partial charge in [0, 0.05) is 27.1 Å². The lowest BCUT2D eigenvalue weighted by Crippen LogP contribution is -2.07. The summed E-state index contributed by atoms with van der Waals surface area (Å²) in [6.45, 7) is 4.00. The second kappa shape index (κ2) is 14.4. The first-order valence-electron chi connectivity index (χ1n) is 17.7. The van der Waals surface area contributed by atoms with Crippen molar-refractivity contribution in [2.75, 3.05) is 0 Å². The summed E-state index contributed by atoms with van der Waals surface area (Å²) in [7, 11) is 0. The van der Waals surface area contributed by atoms with Crippen LogP contribution >= 0.6 is 0 Å². The lowest BCUT2D eigenvalue weighted by Gasteiger charge is -2.21. The maximum Gasteiger partial charge on any atom is 0.416 e. The van der Waals surface area contributed by atoms with Crippen LogP contribution in [-0.4, -0.2) is 9.13 Å². The topological polar surface area (TPSA) is 57.4 Å². The van der Waals surface area contributed by atoms with E-state index < -0.39 is 47.0 Å². The third kappa shape index (κ3) is 7.01. The highest BCUT2D eigenvalue weighted by molar-refractivity contribution is 6.12. The highest BCUT2D eigenvalue weighted by Gasteiger charge is 2.36. The Morgan fingerprint density at radius 2 is 0.717 bits per heavy atom. The molecular weight excluding hydrogens is 812 g/mol. The molecule has 0 saturated heterocycles. The van der Waals surface area contributed by atoms with Gasteiger partial charge >= 0.3 is 24.7 Å². The number of nitriles is 2. The molecule has 0 amide bonds. The van der Waals surface area contributed by atoms with E-state index in [2.05, 4.69) is 0 Å². The van der Waals surface area contributed by atoms with Gasteiger partial charge in [0.1, 0.15) is 0 Å². The van der Waals surface area contributed by atoms with Crippen LogP contribution in [0, 0.1) is 22.7 Å². The van der Waals surface area contributed by atoms with E-state index in [0.29, 0.717) is 24.3 Å². The molecule has 8 aromatic rings. The van der Waals surface area contributed by atoms with Crippen LogP contribution in [-0.2, 0) is 24.7 Å². The molecule has 0 aliphatic heterocycles. The Balaban J connectivity index is 0.00000268. The van der Waals surface area contributed by atoms with Gasteiger partial charge in [-0.15, -0.1) is 0 Å². The molecule has 0 bridgehead atoms. The van der Waals surface area contributed by atoms with Crippen LogP contribution in [0.3, 0.4) is 0 Å². The van der Waals surface area contributed by atoms with Gasteiger partial charge in [-0.3, -0.25) is 0 Å². The molecule has 0 spiro atoms. The number of halogens is 12. The lowest BCUT2D eigenvalue weighted by molar-refractivity contribution is -0.138. The van der Waals surface area contributed by atoms with Crippen LogP contribution in [0.25, 0.3) is 66.1 Å². The van der Waals surface area contributed by atoms with Gasteiger partial charge in [-0.25, -0.2) is 0 Å². The van der Waals surface area contributed by atoms with Crippen molar-refractivity contribution in [1.82, 2.24) is 9.13 Å². The molecule has 0 N–H and O–H groups in total. The van der Waals surface area contributed by atoms with E-state index >= 15 is 0 Å². The summed E-state index contributed by atoms with van der Waals surface area (Å²) in [5, 5.41) is 19.2. The molecule has 4 nitrogen and oxygen atoms in total. The fraction of sp³-hybridized carbons (Fsp3) is 0.136. The van der Waals surface area contributed by atoms with E-state index in [1.165, 1.54) is 45.5 Å². The zero-order valence-electron chi connectivity index (χ0n) is 30.7. The fourth-order valence-corrected chi connectivity index (χ4v) is 7.34. The Labute approximate surface area is 331 Å².